The molecule has 0 amide bonds. The molecule has 1 atom stereocenters. The summed E-state index contributed by atoms with van der Waals surface area (Å²) in [6.45, 7) is 2.38. The Labute approximate surface area is 49.8 Å². The van der Waals surface area contributed by atoms with Crippen LogP contribution in [-0.4, -0.2) is 20.0 Å². The number of rotatable bonds is 4. The van der Waals surface area contributed by atoms with Crippen LogP contribution in [0.3, 0.4) is 0 Å². The molecule has 0 saturated heterocycles. The summed E-state index contributed by atoms with van der Waals surface area (Å²) in [5, 5.41) is 0. The minimum Gasteiger partial charge on any atom is -0.384 e. The van der Waals surface area contributed by atoms with Crippen LogP contribution in [0.25, 0.3) is 0 Å². The van der Waals surface area contributed by atoms with Crippen molar-refractivity contribution < 1.29 is 9.53 Å². The summed E-state index contributed by atoms with van der Waals surface area (Å²) in [7, 11) is 1.61. The van der Waals surface area contributed by atoms with Gasteiger partial charge in [-0.05, 0) is 6.42 Å². The van der Waals surface area contributed by atoms with Crippen molar-refractivity contribution in [3.63, 3.8) is 0 Å². The molecular weight excluding hydrogens is 104 g/mol. The Morgan fingerprint density at radius 1 is 1.75 bits per heavy atom. The molecule has 0 rings (SSSR count). The van der Waals surface area contributed by atoms with Crippen molar-refractivity contribution in [1.29, 1.82) is 0 Å². The van der Waals surface area contributed by atoms with Gasteiger partial charge in [-0.3, -0.25) is 0 Å². The molecule has 0 aliphatic carbocycles. The number of aldehydes is 1. The first-order chi connectivity index (χ1) is 3.81. The molecule has 2 heteroatoms. The lowest BCUT2D eigenvalue weighted by molar-refractivity contribution is -0.110. The van der Waals surface area contributed by atoms with Crippen LogP contribution in [0, 0.1) is 12.3 Å². The topological polar surface area (TPSA) is 26.3 Å². The monoisotopic (exact) mass is 115 g/mol. The Hall–Kier alpha value is -0.370. The SMILES string of the molecule is COC[CH]C(C)C=O. The largest absolute Gasteiger partial charge is 0.384 e. The molecule has 0 aromatic carbocycles. The van der Waals surface area contributed by atoms with E-state index in [1.54, 1.807) is 7.11 Å². The van der Waals surface area contributed by atoms with E-state index >= 15 is 0 Å². The van der Waals surface area contributed by atoms with Crippen LogP contribution in [0.5, 0.6) is 0 Å². The Kier molecular flexibility index (Phi) is 4.56. The molecule has 0 spiro atoms. The summed E-state index contributed by atoms with van der Waals surface area (Å²) in [6, 6.07) is 0. The number of ether oxygens (including phenoxy) is 1. The van der Waals surface area contributed by atoms with E-state index in [9.17, 15) is 4.79 Å². The van der Waals surface area contributed by atoms with Crippen molar-refractivity contribution in [2.75, 3.05) is 13.7 Å². The van der Waals surface area contributed by atoms with Gasteiger partial charge in [0, 0.05) is 13.0 Å². The second-order valence-electron chi connectivity index (χ2n) is 1.69. The lowest BCUT2D eigenvalue weighted by Gasteiger charge is -1.98. The van der Waals surface area contributed by atoms with Crippen molar-refractivity contribution in [3.05, 3.63) is 6.42 Å². The molecule has 0 N–H and O–H groups in total. The zero-order chi connectivity index (χ0) is 6.41. The highest BCUT2D eigenvalue weighted by Gasteiger charge is 1.96. The standard InChI is InChI=1S/C6H11O2/c1-6(5-7)3-4-8-2/h3,5-6H,4H2,1-2H3. The predicted octanol–water partition coefficient (Wildman–Crippen LogP) is 0.672. The van der Waals surface area contributed by atoms with Gasteiger partial charge in [0.1, 0.15) is 6.29 Å². The molecule has 0 aliphatic rings. The van der Waals surface area contributed by atoms with E-state index in [-0.39, 0.29) is 5.92 Å². The Morgan fingerprint density at radius 3 is 2.75 bits per heavy atom. The maximum atomic E-state index is 9.92. The summed E-state index contributed by atoms with van der Waals surface area (Å²) >= 11 is 0. The van der Waals surface area contributed by atoms with Crippen LogP contribution in [0.15, 0.2) is 0 Å². The van der Waals surface area contributed by atoms with Gasteiger partial charge in [-0.15, -0.1) is 0 Å². The van der Waals surface area contributed by atoms with Crippen molar-refractivity contribution in [1.82, 2.24) is 0 Å². The fourth-order valence-corrected chi connectivity index (χ4v) is 0.304. The zero-order valence-electron chi connectivity index (χ0n) is 5.26. The third-order valence-corrected chi connectivity index (χ3v) is 0.849. The van der Waals surface area contributed by atoms with Gasteiger partial charge in [-0.1, -0.05) is 6.92 Å². The first kappa shape index (κ1) is 7.63. The highest BCUT2D eigenvalue weighted by molar-refractivity contribution is 5.54. The van der Waals surface area contributed by atoms with Crippen LogP contribution in [0.1, 0.15) is 6.92 Å². The fourth-order valence-electron chi connectivity index (χ4n) is 0.304. The Bertz CT molecular complexity index is 61.5. The molecule has 0 aromatic heterocycles. The minimum atomic E-state index is 0.0231. The minimum absolute atomic E-state index is 0.0231. The van der Waals surface area contributed by atoms with Crippen LogP contribution >= 0.6 is 0 Å². The number of hydrogen-bond acceptors (Lipinski definition) is 2. The molecule has 47 valence electrons. The lowest BCUT2D eigenvalue weighted by atomic mass is 10.1. The van der Waals surface area contributed by atoms with Crippen LogP contribution in [-0.2, 0) is 9.53 Å². The zero-order valence-corrected chi connectivity index (χ0v) is 5.26. The number of carbonyl (C=O) groups excluding carboxylic acids is 1. The fraction of sp³-hybridized carbons (Fsp3) is 0.667. The molecule has 1 unspecified atom stereocenters. The third-order valence-electron chi connectivity index (χ3n) is 0.849. The van der Waals surface area contributed by atoms with Gasteiger partial charge >= 0.3 is 0 Å². The molecule has 0 heterocycles. The molecule has 0 aromatic rings. The average molecular weight is 115 g/mol. The first-order valence-electron chi connectivity index (χ1n) is 2.58. The van der Waals surface area contributed by atoms with Crippen LogP contribution in [0.4, 0.5) is 0 Å². The smallest absolute Gasteiger partial charge is 0.123 e. The van der Waals surface area contributed by atoms with E-state index in [2.05, 4.69) is 0 Å². The van der Waals surface area contributed by atoms with E-state index in [1.165, 1.54) is 0 Å². The molecule has 8 heavy (non-hydrogen) atoms. The van der Waals surface area contributed by atoms with Crippen molar-refractivity contribution in [2.24, 2.45) is 5.92 Å². The molecule has 0 bridgehead atoms. The van der Waals surface area contributed by atoms with Gasteiger partial charge in [0.2, 0.25) is 0 Å². The maximum Gasteiger partial charge on any atom is 0.123 e. The summed E-state index contributed by atoms with van der Waals surface area (Å²) in [5.41, 5.74) is 0. The maximum absolute atomic E-state index is 9.92. The van der Waals surface area contributed by atoms with Gasteiger partial charge in [0.25, 0.3) is 0 Å². The molecule has 0 saturated carbocycles. The quantitative estimate of drug-likeness (QED) is 0.503. The number of hydrogen-bond donors (Lipinski definition) is 0. The van der Waals surface area contributed by atoms with Gasteiger partial charge in [-0.25, -0.2) is 0 Å². The van der Waals surface area contributed by atoms with E-state index in [0.717, 1.165) is 6.29 Å². The summed E-state index contributed by atoms with van der Waals surface area (Å²) in [5.74, 6) is 0.0231. The Morgan fingerprint density at radius 2 is 2.38 bits per heavy atom. The summed E-state index contributed by atoms with van der Waals surface area (Å²) in [4.78, 5) is 9.92. The number of carbonyl (C=O) groups is 1. The molecule has 0 fully saturated rings. The van der Waals surface area contributed by atoms with Crippen LogP contribution < -0.4 is 0 Å². The van der Waals surface area contributed by atoms with Crippen molar-refractivity contribution in [2.45, 2.75) is 6.92 Å². The molecular formula is C6H11O2. The Balaban J connectivity index is 2.98. The first-order valence-corrected chi connectivity index (χ1v) is 2.58. The van der Waals surface area contributed by atoms with Crippen molar-refractivity contribution >= 4 is 6.29 Å². The third kappa shape index (κ3) is 3.81. The van der Waals surface area contributed by atoms with E-state index in [0.29, 0.717) is 6.61 Å². The van der Waals surface area contributed by atoms with Crippen LogP contribution in [0.2, 0.25) is 0 Å². The highest BCUT2D eigenvalue weighted by atomic mass is 16.5. The van der Waals surface area contributed by atoms with Gasteiger partial charge in [0.15, 0.2) is 0 Å². The lowest BCUT2D eigenvalue weighted by Crippen LogP contribution is -2.01. The summed E-state index contributed by atoms with van der Waals surface area (Å²) < 4.78 is 4.70. The summed E-state index contributed by atoms with van der Waals surface area (Å²) in [6.07, 6.45) is 2.70. The van der Waals surface area contributed by atoms with E-state index in [1.807, 2.05) is 13.3 Å². The normalized spacial score (nSPS) is 13.2. The van der Waals surface area contributed by atoms with Crippen molar-refractivity contribution in [3.8, 4) is 0 Å². The second kappa shape index (κ2) is 4.78. The molecule has 1 radical (unpaired) electrons. The molecule has 0 aliphatic heterocycles. The van der Waals surface area contributed by atoms with E-state index < -0.39 is 0 Å². The highest BCUT2D eigenvalue weighted by Crippen LogP contribution is 1.93. The van der Waals surface area contributed by atoms with Gasteiger partial charge < -0.3 is 9.53 Å². The van der Waals surface area contributed by atoms with E-state index in [4.69, 9.17) is 4.74 Å². The second-order valence-corrected chi connectivity index (χ2v) is 1.69. The van der Waals surface area contributed by atoms with Gasteiger partial charge in [0.05, 0.1) is 6.61 Å². The predicted molar refractivity (Wildman–Crippen MR) is 31.4 cm³/mol. The molecule has 2 nitrogen and oxygen atoms in total. The number of methoxy groups -OCH3 is 1. The average Bonchev–Trinajstić information content (AvgIpc) is 1.83. The van der Waals surface area contributed by atoms with Gasteiger partial charge in [-0.2, -0.15) is 0 Å².